The maximum Gasteiger partial charge on any atom is 0.259 e. The molecule has 1 aliphatic heterocycles. The minimum absolute atomic E-state index is 0.0681. The number of benzene rings is 1. The fourth-order valence-corrected chi connectivity index (χ4v) is 5.88. The topological polar surface area (TPSA) is 122 Å². The van der Waals surface area contributed by atoms with Crippen molar-refractivity contribution in [2.75, 3.05) is 19.6 Å². The zero-order chi connectivity index (χ0) is 27.2. The molecule has 9 nitrogen and oxygen atoms in total. The maximum absolute atomic E-state index is 13.9. The lowest BCUT2D eigenvalue weighted by molar-refractivity contribution is -0.135. The number of hydrogen-bond acceptors (Lipinski definition) is 6. The first-order chi connectivity index (χ1) is 18.3. The second-order valence-electron chi connectivity index (χ2n) is 10.4. The Balaban J connectivity index is 1.53. The van der Waals surface area contributed by atoms with Crippen molar-refractivity contribution in [1.82, 2.24) is 20.3 Å². The van der Waals surface area contributed by atoms with Crippen LogP contribution in [-0.4, -0.2) is 70.4 Å². The Bertz CT molecular complexity index is 1110. The second-order valence-corrected chi connectivity index (χ2v) is 10.9. The van der Waals surface area contributed by atoms with Gasteiger partial charge in [0.1, 0.15) is 17.4 Å². The van der Waals surface area contributed by atoms with Crippen LogP contribution in [0, 0.1) is 13.8 Å². The predicted octanol–water partition coefficient (Wildman–Crippen LogP) is 3.40. The Morgan fingerprint density at radius 1 is 1.13 bits per heavy atom. The van der Waals surface area contributed by atoms with Gasteiger partial charge in [0.15, 0.2) is 0 Å². The van der Waals surface area contributed by atoms with E-state index >= 15 is 0 Å². The summed E-state index contributed by atoms with van der Waals surface area (Å²) in [5, 5.41) is 7.49. The van der Waals surface area contributed by atoms with Crippen LogP contribution in [0.5, 0.6) is 0 Å². The molecule has 0 radical (unpaired) electrons. The Kier molecular flexibility index (Phi) is 9.44. The molecule has 206 valence electrons. The number of aromatic nitrogens is 1. The number of nitrogens with two attached hydrogens (primary N) is 1. The summed E-state index contributed by atoms with van der Waals surface area (Å²) in [5.41, 5.74) is 7.57. The SMILES string of the molecule is Cc1noc(C)c1C(=O)N(C1CCCCC1)[C@H]1CCN(C(=O)[C@@H](Cc2ccc(Cl)cc2)NC(=O)CCN)C1. The standard InChI is InChI=1S/C28H38ClN5O4/c1-18-26(19(2)38-32-18)28(37)34(22-6-4-3-5-7-22)23-13-15-33(17-23)27(36)24(31-25(35)12-14-30)16-20-8-10-21(29)11-9-20/h8-11,22-24H,3-7,12-17,30H2,1-2H3,(H,31,35)/t23-,24+/m0/s1. The number of carbonyl (C=O) groups excluding carboxylic acids is 3. The van der Waals surface area contributed by atoms with Gasteiger partial charge < -0.3 is 25.4 Å². The first kappa shape index (κ1) is 28.1. The fraction of sp³-hybridized carbons (Fsp3) is 0.571. The molecule has 1 aromatic carbocycles. The zero-order valence-electron chi connectivity index (χ0n) is 22.2. The smallest absolute Gasteiger partial charge is 0.259 e. The largest absolute Gasteiger partial charge is 0.361 e. The molecule has 1 aliphatic carbocycles. The highest BCUT2D eigenvalue weighted by Gasteiger charge is 2.40. The van der Waals surface area contributed by atoms with Crippen molar-refractivity contribution >= 4 is 29.3 Å². The predicted molar refractivity (Wildman–Crippen MR) is 145 cm³/mol. The Hall–Kier alpha value is -2.91. The lowest BCUT2D eigenvalue weighted by Crippen LogP contribution is -2.52. The third-order valence-electron chi connectivity index (χ3n) is 7.68. The zero-order valence-corrected chi connectivity index (χ0v) is 23.0. The van der Waals surface area contributed by atoms with Crippen LogP contribution in [-0.2, 0) is 16.0 Å². The Morgan fingerprint density at radius 3 is 2.47 bits per heavy atom. The number of nitrogens with zero attached hydrogens (tertiary/aromatic N) is 3. The van der Waals surface area contributed by atoms with Crippen molar-refractivity contribution in [3.05, 3.63) is 51.9 Å². The van der Waals surface area contributed by atoms with Gasteiger partial charge in [0.2, 0.25) is 11.8 Å². The Morgan fingerprint density at radius 2 is 1.84 bits per heavy atom. The van der Waals surface area contributed by atoms with Crippen molar-refractivity contribution in [3.8, 4) is 0 Å². The van der Waals surface area contributed by atoms with E-state index in [4.69, 9.17) is 21.9 Å². The quantitative estimate of drug-likeness (QED) is 0.500. The van der Waals surface area contributed by atoms with Crippen LogP contribution in [0.25, 0.3) is 0 Å². The summed E-state index contributed by atoms with van der Waals surface area (Å²) < 4.78 is 5.31. The number of halogens is 1. The molecule has 0 spiro atoms. The lowest BCUT2D eigenvalue weighted by atomic mass is 9.92. The summed E-state index contributed by atoms with van der Waals surface area (Å²) in [6, 6.07) is 6.55. The highest BCUT2D eigenvalue weighted by atomic mass is 35.5. The Labute approximate surface area is 229 Å². The van der Waals surface area contributed by atoms with Gasteiger partial charge in [-0.05, 0) is 50.8 Å². The monoisotopic (exact) mass is 543 g/mol. The van der Waals surface area contributed by atoms with Gasteiger partial charge in [-0.2, -0.15) is 0 Å². The van der Waals surface area contributed by atoms with Crippen LogP contribution >= 0.6 is 11.6 Å². The highest BCUT2D eigenvalue weighted by molar-refractivity contribution is 6.30. The first-order valence-electron chi connectivity index (χ1n) is 13.6. The van der Waals surface area contributed by atoms with E-state index in [0.717, 1.165) is 31.2 Å². The summed E-state index contributed by atoms with van der Waals surface area (Å²) in [6.45, 7) is 4.71. The molecule has 2 fully saturated rings. The minimum Gasteiger partial charge on any atom is -0.361 e. The van der Waals surface area contributed by atoms with Crippen LogP contribution in [0.2, 0.25) is 5.02 Å². The molecule has 2 heterocycles. The van der Waals surface area contributed by atoms with Gasteiger partial charge in [-0.3, -0.25) is 14.4 Å². The molecule has 2 atom stereocenters. The van der Waals surface area contributed by atoms with Gasteiger partial charge in [-0.25, -0.2) is 0 Å². The van der Waals surface area contributed by atoms with Crippen molar-refractivity contribution in [1.29, 1.82) is 0 Å². The number of likely N-dealkylation sites (tertiary alicyclic amines) is 1. The molecule has 3 N–H and O–H groups in total. The number of amides is 3. The van der Waals surface area contributed by atoms with E-state index in [1.165, 1.54) is 6.42 Å². The lowest BCUT2D eigenvalue weighted by Gasteiger charge is -2.38. The van der Waals surface area contributed by atoms with Crippen LogP contribution in [0.4, 0.5) is 0 Å². The summed E-state index contributed by atoms with van der Waals surface area (Å²) in [4.78, 5) is 43.8. The van der Waals surface area contributed by atoms with Crippen LogP contribution in [0.3, 0.4) is 0 Å². The third-order valence-corrected chi connectivity index (χ3v) is 7.93. The molecule has 1 saturated heterocycles. The number of nitrogens with one attached hydrogen (secondary N) is 1. The van der Waals surface area contributed by atoms with Crippen molar-refractivity contribution in [2.45, 2.75) is 83.3 Å². The van der Waals surface area contributed by atoms with Gasteiger partial charge in [0.25, 0.3) is 5.91 Å². The minimum atomic E-state index is -0.727. The van der Waals surface area contributed by atoms with E-state index in [9.17, 15) is 14.4 Å². The normalized spacial score (nSPS) is 18.8. The van der Waals surface area contributed by atoms with E-state index in [1.54, 1.807) is 30.9 Å². The molecule has 1 saturated carbocycles. The van der Waals surface area contributed by atoms with E-state index in [1.807, 2.05) is 17.0 Å². The van der Waals surface area contributed by atoms with E-state index in [2.05, 4.69) is 10.5 Å². The summed E-state index contributed by atoms with van der Waals surface area (Å²) >= 11 is 6.03. The molecule has 10 heteroatoms. The second kappa shape index (κ2) is 12.8. The highest BCUT2D eigenvalue weighted by Crippen LogP contribution is 2.30. The van der Waals surface area contributed by atoms with Gasteiger partial charge >= 0.3 is 0 Å². The van der Waals surface area contributed by atoms with Crippen LogP contribution < -0.4 is 11.1 Å². The number of rotatable bonds is 9. The molecular formula is C28H38ClN5O4. The van der Waals surface area contributed by atoms with Crippen molar-refractivity contribution in [2.24, 2.45) is 5.73 Å². The first-order valence-corrected chi connectivity index (χ1v) is 13.9. The molecule has 2 aromatic rings. The van der Waals surface area contributed by atoms with E-state index in [0.29, 0.717) is 48.0 Å². The van der Waals surface area contributed by atoms with Gasteiger partial charge in [-0.1, -0.05) is 48.2 Å². The van der Waals surface area contributed by atoms with Crippen molar-refractivity contribution < 1.29 is 18.9 Å². The van der Waals surface area contributed by atoms with Gasteiger partial charge in [0.05, 0.1) is 11.7 Å². The van der Waals surface area contributed by atoms with Crippen LogP contribution in [0.1, 0.15) is 72.3 Å². The fourth-order valence-electron chi connectivity index (χ4n) is 5.75. The van der Waals surface area contributed by atoms with Gasteiger partial charge in [0, 0.05) is 43.5 Å². The molecule has 2 aliphatic rings. The number of aryl methyl sites for hydroxylation is 2. The maximum atomic E-state index is 13.9. The molecule has 38 heavy (non-hydrogen) atoms. The van der Waals surface area contributed by atoms with E-state index in [-0.39, 0.29) is 42.8 Å². The molecule has 1 aromatic heterocycles. The summed E-state index contributed by atoms with van der Waals surface area (Å²) in [5.74, 6) is 0.0421. The van der Waals surface area contributed by atoms with Gasteiger partial charge in [-0.15, -0.1) is 0 Å². The molecule has 0 unspecified atom stereocenters. The number of carbonyl (C=O) groups is 3. The summed E-state index contributed by atoms with van der Waals surface area (Å²) in [6.07, 6.45) is 6.42. The van der Waals surface area contributed by atoms with E-state index < -0.39 is 6.04 Å². The molecular weight excluding hydrogens is 506 g/mol. The molecule has 4 rings (SSSR count). The summed E-state index contributed by atoms with van der Waals surface area (Å²) in [7, 11) is 0. The number of hydrogen-bond donors (Lipinski definition) is 2. The van der Waals surface area contributed by atoms with Crippen LogP contribution in [0.15, 0.2) is 28.8 Å². The third kappa shape index (κ3) is 6.56. The average molecular weight is 544 g/mol. The molecule has 3 amide bonds. The molecule has 0 bridgehead atoms. The van der Waals surface area contributed by atoms with Crippen molar-refractivity contribution in [3.63, 3.8) is 0 Å². The average Bonchev–Trinajstić information content (AvgIpc) is 3.51.